The molecule has 3 rings (SSSR count). The summed E-state index contributed by atoms with van der Waals surface area (Å²) >= 11 is 4.47. The number of ketones is 2. The van der Waals surface area contributed by atoms with Crippen molar-refractivity contribution in [3.63, 3.8) is 0 Å². The van der Waals surface area contributed by atoms with Crippen LogP contribution in [-0.2, 0) is 73.4 Å². The summed E-state index contributed by atoms with van der Waals surface area (Å²) < 4.78 is 76.3. The number of aliphatic carboxylic acids is 1. The second-order valence-corrected chi connectivity index (χ2v) is 30.3. The van der Waals surface area contributed by atoms with E-state index in [9.17, 15) is 40.0 Å². The van der Waals surface area contributed by atoms with Crippen molar-refractivity contribution < 1.29 is 88.2 Å². The van der Waals surface area contributed by atoms with E-state index in [0.29, 0.717) is 48.0 Å². The molecule has 1 atom stereocenters. The molecular formula is C44H76Br2ClN4NaO13S3. The Morgan fingerprint density at radius 2 is 1.00 bits per heavy atom. The molecule has 68 heavy (non-hydrogen) atoms. The van der Waals surface area contributed by atoms with Crippen LogP contribution in [0.15, 0.2) is 31.8 Å². The topological polar surface area (TPSA) is 284 Å². The maximum absolute atomic E-state index is 12.4. The molecule has 0 bridgehead atoms. The maximum Gasteiger partial charge on any atom is 1.00 e. The molecule has 24 heteroatoms. The molecule has 0 amide bonds. The Bertz CT molecular complexity index is 2210. The number of carboxylic acids is 1. The van der Waals surface area contributed by atoms with Crippen LogP contribution in [0.1, 0.15) is 173 Å². The molecule has 0 fully saturated rings. The van der Waals surface area contributed by atoms with Crippen LogP contribution in [-0.4, -0.2) is 94.4 Å². The summed E-state index contributed by atoms with van der Waals surface area (Å²) in [5.41, 5.74) is 6.28. The summed E-state index contributed by atoms with van der Waals surface area (Å²) in [4.78, 5) is 34.1. The molecule has 1 unspecified atom stereocenters. The van der Waals surface area contributed by atoms with Gasteiger partial charge in [0.25, 0.3) is 0 Å². The first-order valence-electron chi connectivity index (χ1n) is 21.3. The normalized spacial score (nSPS) is 12.6. The van der Waals surface area contributed by atoms with E-state index in [1.807, 2.05) is 89.2 Å². The van der Waals surface area contributed by atoms with Crippen molar-refractivity contribution in [2.75, 3.05) is 23.0 Å². The summed E-state index contributed by atoms with van der Waals surface area (Å²) in [5, 5.41) is 19.6. The molecule has 3 N–H and O–H groups in total. The van der Waals surface area contributed by atoms with Gasteiger partial charge in [-0.25, -0.2) is 16.8 Å². The number of halogens is 3. The molecule has 3 aromatic rings. The summed E-state index contributed by atoms with van der Waals surface area (Å²) in [5.74, 6) is 2.04. The molecule has 0 radical (unpaired) electrons. The summed E-state index contributed by atoms with van der Waals surface area (Å²) in [6.45, 7) is 33.4. The Kier molecular flexibility index (Phi) is 33.5. The van der Waals surface area contributed by atoms with E-state index in [4.69, 9.17) is 35.1 Å². The van der Waals surface area contributed by atoms with Crippen LogP contribution in [0.3, 0.4) is 0 Å². The van der Waals surface area contributed by atoms with Crippen molar-refractivity contribution in [2.45, 2.75) is 186 Å². The number of nitrogens with two attached hydrogens (primary N) is 1. The van der Waals surface area contributed by atoms with Crippen LogP contribution in [0.4, 0.5) is 5.82 Å². The van der Waals surface area contributed by atoms with Crippen molar-refractivity contribution in [1.29, 1.82) is 0 Å². The summed E-state index contributed by atoms with van der Waals surface area (Å²) in [6, 6.07) is 5.33. The first-order valence-corrected chi connectivity index (χ1v) is 28.3. The van der Waals surface area contributed by atoms with Crippen molar-refractivity contribution >= 4 is 95.9 Å². The minimum absolute atomic E-state index is 0. The Balaban J connectivity index is -0.000000385. The van der Waals surface area contributed by atoms with E-state index in [1.165, 1.54) is 13.8 Å². The Morgan fingerprint density at radius 3 is 1.19 bits per heavy atom. The third-order valence-corrected chi connectivity index (χ3v) is 14.1. The number of nitrogen functional groups attached to an aromatic ring is 1. The number of nitrogens with zero attached hydrogens (tertiary/aromatic N) is 3. The van der Waals surface area contributed by atoms with Crippen LogP contribution in [0.25, 0.3) is 0 Å². The number of hydrogen-bond donors (Lipinski definition) is 2. The molecule has 0 aromatic carbocycles. The van der Waals surface area contributed by atoms with Gasteiger partial charge in [0.15, 0.2) is 27.2 Å². The molecule has 0 aliphatic rings. The number of alkyl halides is 2. The maximum atomic E-state index is 12.4. The molecule has 0 spiro atoms. The van der Waals surface area contributed by atoms with Gasteiger partial charge in [0, 0.05) is 50.9 Å². The number of sulfone groups is 1. The van der Waals surface area contributed by atoms with Gasteiger partial charge < -0.3 is 29.0 Å². The zero-order valence-electron chi connectivity index (χ0n) is 43.5. The van der Waals surface area contributed by atoms with E-state index < -0.39 is 49.3 Å². The second-order valence-electron chi connectivity index (χ2n) is 19.8. The van der Waals surface area contributed by atoms with Crippen molar-refractivity contribution in [1.82, 2.24) is 15.5 Å². The first kappa shape index (κ1) is 73.0. The van der Waals surface area contributed by atoms with E-state index >= 15 is 0 Å². The van der Waals surface area contributed by atoms with Gasteiger partial charge in [0.05, 0.1) is 40.1 Å². The van der Waals surface area contributed by atoms with E-state index in [1.54, 1.807) is 39.8 Å². The predicted octanol–water partition coefficient (Wildman–Crippen LogP) is 6.99. The van der Waals surface area contributed by atoms with Gasteiger partial charge in [-0.15, -0.1) is 0 Å². The van der Waals surface area contributed by atoms with Crippen LogP contribution < -0.4 is 35.3 Å². The van der Waals surface area contributed by atoms with E-state index in [2.05, 4.69) is 47.3 Å². The van der Waals surface area contributed by atoms with Crippen LogP contribution in [0.2, 0.25) is 0 Å². The van der Waals surface area contributed by atoms with Gasteiger partial charge in [-0.3, -0.25) is 18.6 Å². The third-order valence-electron chi connectivity index (χ3n) is 8.46. The quantitative estimate of drug-likeness (QED) is 0.0712. The fourth-order valence-electron chi connectivity index (χ4n) is 4.00. The molecule has 17 nitrogen and oxygen atoms in total. The number of rotatable bonds is 14. The van der Waals surface area contributed by atoms with Gasteiger partial charge in [0.2, 0.25) is 9.05 Å². The van der Waals surface area contributed by atoms with Crippen molar-refractivity contribution in [3.8, 4) is 0 Å². The number of carbonyl (C=O) groups is 3. The molecular weight excluding hydrogens is 1110 g/mol. The predicted molar refractivity (Wildman–Crippen MR) is 273 cm³/mol. The average Bonchev–Trinajstić information content (AvgIpc) is 3.90. The SMILES string of the molecule is CC(C)(Br)C(=O)Cc1cc(C(C)(C)C)on1.CC(C)(Br)C(=O)O.CC(C)(C)c1cc(N)no1.CCCS(=O)(=O)C(C)(C)C(=O)Cc1cc(C(C)(C)C)on1.CCCS(=O)(=O)Cl.CCCS(=O)[O-].[Na+]. The minimum atomic E-state index is -3.46. The van der Waals surface area contributed by atoms with Gasteiger partial charge in [-0.2, -0.15) is 0 Å². The summed E-state index contributed by atoms with van der Waals surface area (Å²) in [6.07, 6.45) is 2.08. The largest absolute Gasteiger partial charge is 1.00 e. The average molecular weight is 1180 g/mol. The fraction of sp³-hybridized carbons (Fsp3) is 0.727. The van der Waals surface area contributed by atoms with Gasteiger partial charge >= 0.3 is 35.5 Å². The fourth-order valence-corrected chi connectivity index (χ4v) is 6.89. The zero-order valence-corrected chi connectivity index (χ0v) is 51.9. The standard InChI is InChI=1S/C15H25NO4S.C12H18BrNO2.C7H12N2O.C4H7BrO2.C3H7ClO2S.C3H8O2S.Na/c1-7-8-21(18,19)15(5,6)12(17)9-11-10-13(20-16-11)14(2,3)4;1-11(2,3)10-7-8(14-16-10)6-9(15)12(4,5)13;1-7(2,3)5-4-6(8)9-10-5;1-4(2,5)3(6)7;1-2-3-7(4,5)6;1-2-3-6(4)5;/h10H,7-9H2,1-6H3;7H,6H2,1-5H3;4H,1-3H3,(H2,8,9);1-2H3,(H,6,7);2-3H2,1H3;2-3H2,1H3,(H,4,5);/q;;;;;;+1/p-1. The summed E-state index contributed by atoms with van der Waals surface area (Å²) in [7, 11) is -1.86. The molecule has 0 aliphatic heterocycles. The number of hydrogen-bond acceptors (Lipinski definition) is 16. The zero-order chi connectivity index (χ0) is 53.8. The molecule has 3 aromatic heterocycles. The van der Waals surface area contributed by atoms with E-state index in [-0.39, 0.29) is 75.3 Å². The minimum Gasteiger partial charge on any atom is -0.772 e. The van der Waals surface area contributed by atoms with Crippen molar-refractivity contribution in [2.24, 2.45) is 0 Å². The Morgan fingerprint density at radius 1 is 0.662 bits per heavy atom. The number of Topliss-reactive ketones (excluding diaryl/α,β-unsaturated/α-hetero) is 2. The van der Waals surface area contributed by atoms with Crippen molar-refractivity contribution in [3.05, 3.63) is 46.9 Å². The second kappa shape index (κ2) is 31.2. The van der Waals surface area contributed by atoms with Crippen LogP contribution in [0, 0.1) is 0 Å². The number of anilines is 1. The monoisotopic (exact) mass is 1180 g/mol. The molecule has 0 saturated heterocycles. The van der Waals surface area contributed by atoms with Gasteiger partial charge in [-0.05, 0) is 60.8 Å². The number of aromatic nitrogens is 3. The van der Waals surface area contributed by atoms with Crippen LogP contribution >= 0.6 is 42.5 Å². The smallest absolute Gasteiger partial charge is 0.772 e. The van der Waals surface area contributed by atoms with Gasteiger partial charge in [0.1, 0.15) is 26.4 Å². The Hall–Kier alpha value is -1.50. The third kappa shape index (κ3) is 32.5. The molecule has 0 aliphatic carbocycles. The van der Waals surface area contributed by atoms with E-state index in [0.717, 1.165) is 17.9 Å². The Labute approximate surface area is 451 Å². The first-order chi connectivity index (χ1) is 29.8. The molecule has 390 valence electrons. The number of carboxylic acid groups (broad SMARTS) is 1. The molecule has 0 saturated carbocycles. The van der Waals surface area contributed by atoms with Gasteiger partial charge in [-0.1, -0.05) is 141 Å². The number of carbonyl (C=O) groups excluding carboxylic acids is 2. The molecule has 3 heterocycles. The van der Waals surface area contributed by atoms with Crippen LogP contribution in [0.5, 0.6) is 0 Å².